The first-order chi connectivity index (χ1) is 11.2. The van der Waals surface area contributed by atoms with E-state index in [1.165, 1.54) is 34.8 Å². The molecule has 2 atom stereocenters. The summed E-state index contributed by atoms with van der Waals surface area (Å²) in [5, 5.41) is 1.29. The van der Waals surface area contributed by atoms with Crippen LogP contribution in [-0.2, 0) is 16.0 Å². The van der Waals surface area contributed by atoms with Crippen LogP contribution in [0.3, 0.4) is 0 Å². The molecule has 2 aliphatic heterocycles. The van der Waals surface area contributed by atoms with Crippen LogP contribution in [0.2, 0.25) is 0 Å². The van der Waals surface area contributed by atoms with Gasteiger partial charge in [-0.05, 0) is 31.4 Å². The Morgan fingerprint density at radius 2 is 2.22 bits per heavy atom. The van der Waals surface area contributed by atoms with Crippen LogP contribution in [0.1, 0.15) is 30.6 Å². The van der Waals surface area contributed by atoms with Gasteiger partial charge in [0.05, 0.1) is 19.1 Å². The molecule has 23 heavy (non-hydrogen) atoms. The molecule has 0 aliphatic carbocycles. The molecule has 120 valence electrons. The summed E-state index contributed by atoms with van der Waals surface area (Å²) in [4.78, 5) is 18.4. The third kappa shape index (κ3) is 2.20. The number of ether oxygens (including phenoxy) is 1. The van der Waals surface area contributed by atoms with E-state index in [1.807, 2.05) is 0 Å². The molecule has 2 aromatic rings. The Kier molecular flexibility index (Phi) is 3.49. The van der Waals surface area contributed by atoms with Gasteiger partial charge in [0.25, 0.3) is 0 Å². The number of rotatable bonds is 1. The molecule has 4 nitrogen and oxygen atoms in total. The molecule has 1 N–H and O–H groups in total. The van der Waals surface area contributed by atoms with Gasteiger partial charge in [0, 0.05) is 29.7 Å². The van der Waals surface area contributed by atoms with E-state index < -0.39 is 0 Å². The number of H-pyrrole nitrogens is 1. The summed E-state index contributed by atoms with van der Waals surface area (Å²) in [6.07, 6.45) is 3.97. The normalized spacial score (nSPS) is 26.1. The lowest BCUT2D eigenvalue weighted by molar-refractivity contribution is -0.149. The van der Waals surface area contributed by atoms with Crippen molar-refractivity contribution >= 4 is 16.9 Å². The molecular formula is C19H22N2O2. The molecule has 0 spiro atoms. The third-order valence-electron chi connectivity index (χ3n) is 5.37. The van der Waals surface area contributed by atoms with Gasteiger partial charge in [-0.3, -0.25) is 9.69 Å². The van der Waals surface area contributed by atoms with Gasteiger partial charge in [0.2, 0.25) is 0 Å². The molecular weight excluding hydrogens is 288 g/mol. The molecule has 4 rings (SSSR count). The number of methoxy groups -OCH3 is 1. The predicted molar refractivity (Wildman–Crippen MR) is 90.2 cm³/mol. The van der Waals surface area contributed by atoms with Crippen molar-refractivity contribution in [3.8, 4) is 0 Å². The number of nitrogens with one attached hydrogen (secondary N) is 1. The first-order valence-electron chi connectivity index (χ1n) is 8.28. The Hall–Kier alpha value is -2.07. The summed E-state index contributed by atoms with van der Waals surface area (Å²) in [7, 11) is 1.49. The minimum Gasteiger partial charge on any atom is -0.469 e. The molecule has 2 aliphatic rings. The van der Waals surface area contributed by atoms with Crippen LogP contribution >= 0.6 is 0 Å². The number of esters is 1. The van der Waals surface area contributed by atoms with Crippen molar-refractivity contribution in [2.75, 3.05) is 20.2 Å². The van der Waals surface area contributed by atoms with Gasteiger partial charge in [-0.15, -0.1) is 0 Å². The standard InChI is InChI=1S/C19H22N2O2/c1-3-12-10-15(19(22)23-2)18-17-14(8-9-21(18)11-12)13-6-4-5-7-16(13)20-17/h3-7,15,18,20H,8-11H2,1-2H3/b12-3+/t15-,18-/m0/s1. The maximum atomic E-state index is 12.4. The summed E-state index contributed by atoms with van der Waals surface area (Å²) in [6, 6.07) is 8.53. The van der Waals surface area contributed by atoms with E-state index in [-0.39, 0.29) is 17.9 Å². The van der Waals surface area contributed by atoms with Crippen molar-refractivity contribution in [3.63, 3.8) is 0 Å². The third-order valence-corrected chi connectivity index (χ3v) is 5.37. The molecule has 1 aromatic carbocycles. The quantitative estimate of drug-likeness (QED) is 0.650. The summed E-state index contributed by atoms with van der Waals surface area (Å²) in [6.45, 7) is 4.00. The van der Waals surface area contributed by atoms with Gasteiger partial charge in [-0.2, -0.15) is 0 Å². The van der Waals surface area contributed by atoms with E-state index in [1.54, 1.807) is 0 Å². The lowest BCUT2D eigenvalue weighted by atomic mass is 9.80. The van der Waals surface area contributed by atoms with Crippen molar-refractivity contribution in [2.45, 2.75) is 25.8 Å². The molecule has 0 amide bonds. The monoisotopic (exact) mass is 310 g/mol. The van der Waals surface area contributed by atoms with E-state index in [0.717, 1.165) is 25.9 Å². The fourth-order valence-corrected chi connectivity index (χ4v) is 4.25. The zero-order chi connectivity index (χ0) is 16.0. The Bertz CT molecular complexity index is 790. The summed E-state index contributed by atoms with van der Waals surface area (Å²) in [5.41, 5.74) is 5.08. The molecule has 1 saturated heterocycles. The number of allylic oxidation sites excluding steroid dienone is 1. The number of piperidine rings is 1. The highest BCUT2D eigenvalue weighted by molar-refractivity contribution is 5.85. The van der Waals surface area contributed by atoms with Crippen molar-refractivity contribution in [3.05, 3.63) is 47.2 Å². The van der Waals surface area contributed by atoms with E-state index in [2.05, 4.69) is 47.1 Å². The number of hydrogen-bond acceptors (Lipinski definition) is 3. The lowest BCUT2D eigenvalue weighted by Gasteiger charge is -2.43. The van der Waals surface area contributed by atoms with Crippen molar-refractivity contribution < 1.29 is 9.53 Å². The molecule has 0 unspecified atom stereocenters. The average Bonchev–Trinajstić information content (AvgIpc) is 2.98. The number of nitrogens with zero attached hydrogens (tertiary/aromatic N) is 1. The Labute approximate surface area is 136 Å². The highest BCUT2D eigenvalue weighted by Gasteiger charge is 2.43. The molecule has 1 fully saturated rings. The van der Waals surface area contributed by atoms with Crippen molar-refractivity contribution in [1.29, 1.82) is 0 Å². The second kappa shape index (κ2) is 5.53. The number of aromatic nitrogens is 1. The Morgan fingerprint density at radius 1 is 1.39 bits per heavy atom. The first-order valence-corrected chi connectivity index (χ1v) is 8.28. The summed E-state index contributed by atoms with van der Waals surface area (Å²) >= 11 is 0. The zero-order valence-electron chi connectivity index (χ0n) is 13.6. The lowest BCUT2D eigenvalue weighted by Crippen LogP contribution is -2.46. The number of carbonyl (C=O) groups excluding carboxylic acids is 1. The van der Waals surface area contributed by atoms with Crippen LogP contribution < -0.4 is 0 Å². The van der Waals surface area contributed by atoms with Gasteiger partial charge < -0.3 is 9.72 Å². The number of benzene rings is 1. The number of hydrogen-bond donors (Lipinski definition) is 1. The maximum absolute atomic E-state index is 12.4. The van der Waals surface area contributed by atoms with Crippen LogP contribution in [0.15, 0.2) is 35.9 Å². The second-order valence-electron chi connectivity index (χ2n) is 6.51. The summed E-state index contributed by atoms with van der Waals surface area (Å²) < 4.78 is 5.11. The van der Waals surface area contributed by atoms with Crippen LogP contribution in [0.5, 0.6) is 0 Å². The smallest absolute Gasteiger partial charge is 0.310 e. The van der Waals surface area contributed by atoms with E-state index in [4.69, 9.17) is 4.74 Å². The van der Waals surface area contributed by atoms with E-state index in [9.17, 15) is 4.79 Å². The number of carbonyl (C=O) groups is 1. The van der Waals surface area contributed by atoms with Crippen LogP contribution in [0.25, 0.3) is 10.9 Å². The highest BCUT2D eigenvalue weighted by atomic mass is 16.5. The second-order valence-corrected chi connectivity index (χ2v) is 6.51. The minimum atomic E-state index is -0.132. The molecule has 0 saturated carbocycles. The van der Waals surface area contributed by atoms with Gasteiger partial charge in [-0.1, -0.05) is 29.8 Å². The fraction of sp³-hybridized carbons (Fsp3) is 0.421. The Morgan fingerprint density at radius 3 is 3.00 bits per heavy atom. The highest BCUT2D eigenvalue weighted by Crippen LogP contribution is 2.44. The predicted octanol–water partition coefficient (Wildman–Crippen LogP) is 3.21. The fourth-order valence-electron chi connectivity index (χ4n) is 4.25. The molecule has 0 bridgehead atoms. The van der Waals surface area contributed by atoms with Crippen molar-refractivity contribution in [2.24, 2.45) is 5.92 Å². The van der Waals surface area contributed by atoms with Crippen molar-refractivity contribution in [1.82, 2.24) is 9.88 Å². The number of para-hydroxylation sites is 1. The largest absolute Gasteiger partial charge is 0.469 e. The maximum Gasteiger partial charge on any atom is 0.310 e. The topological polar surface area (TPSA) is 45.3 Å². The summed E-state index contributed by atoms with van der Waals surface area (Å²) in [5.74, 6) is -0.238. The van der Waals surface area contributed by atoms with E-state index in [0.29, 0.717) is 0 Å². The SMILES string of the molecule is C/C=C1\C[C@H](C(=O)OC)[C@H]2c3[nH]c4ccccc4c3CCN2C1. The van der Waals surface area contributed by atoms with Gasteiger partial charge >= 0.3 is 5.97 Å². The molecule has 1 aromatic heterocycles. The van der Waals surface area contributed by atoms with Crippen LogP contribution in [0.4, 0.5) is 0 Å². The minimum absolute atomic E-state index is 0.0994. The van der Waals surface area contributed by atoms with Gasteiger partial charge in [0.15, 0.2) is 0 Å². The zero-order valence-corrected chi connectivity index (χ0v) is 13.6. The van der Waals surface area contributed by atoms with Crippen LogP contribution in [0, 0.1) is 5.92 Å². The average molecular weight is 310 g/mol. The van der Waals surface area contributed by atoms with E-state index >= 15 is 0 Å². The molecule has 3 heterocycles. The van der Waals surface area contributed by atoms with Gasteiger partial charge in [-0.25, -0.2) is 0 Å². The Balaban J connectivity index is 1.84. The number of fused-ring (bicyclic) bond motifs is 5. The number of aromatic amines is 1. The first kappa shape index (κ1) is 14.5. The van der Waals surface area contributed by atoms with Gasteiger partial charge in [0.1, 0.15) is 0 Å². The molecule has 4 heteroatoms. The molecule has 0 radical (unpaired) electrons. The van der Waals surface area contributed by atoms with Crippen LogP contribution in [-0.4, -0.2) is 36.1 Å².